The first-order chi connectivity index (χ1) is 7.18. The summed E-state index contributed by atoms with van der Waals surface area (Å²) in [7, 11) is 0. The van der Waals surface area contributed by atoms with Gasteiger partial charge in [0, 0.05) is 4.88 Å². The molecule has 1 aliphatic rings. The summed E-state index contributed by atoms with van der Waals surface area (Å²) >= 11 is 7.96. The SMILES string of the molecule is CC(Cl)(/N=N/C1CCCC1)c1cccs1. The summed E-state index contributed by atoms with van der Waals surface area (Å²) in [4.78, 5) is 0.391. The van der Waals surface area contributed by atoms with Crippen molar-refractivity contribution in [3.8, 4) is 0 Å². The van der Waals surface area contributed by atoms with Gasteiger partial charge in [0.25, 0.3) is 0 Å². The van der Waals surface area contributed by atoms with Crippen molar-refractivity contribution in [1.82, 2.24) is 0 Å². The standard InChI is InChI=1S/C11H15ClN2S/c1-11(12,10-7-4-8-15-10)14-13-9-5-2-3-6-9/h4,7-9H,2-3,5-6H2,1H3/b14-13+. The lowest BCUT2D eigenvalue weighted by Gasteiger charge is -2.14. The third-order valence-electron chi connectivity index (χ3n) is 2.70. The lowest BCUT2D eigenvalue weighted by atomic mass is 10.3. The second-order valence-electron chi connectivity index (χ2n) is 4.08. The molecule has 1 unspecified atom stereocenters. The van der Waals surface area contributed by atoms with Crippen LogP contribution in [0.4, 0.5) is 0 Å². The highest BCUT2D eigenvalue weighted by atomic mass is 35.5. The van der Waals surface area contributed by atoms with Crippen molar-refractivity contribution in [2.75, 3.05) is 0 Å². The highest BCUT2D eigenvalue weighted by Gasteiger charge is 2.25. The molecule has 4 heteroatoms. The van der Waals surface area contributed by atoms with Crippen LogP contribution in [0.25, 0.3) is 0 Å². The van der Waals surface area contributed by atoms with Crippen molar-refractivity contribution >= 4 is 22.9 Å². The van der Waals surface area contributed by atoms with E-state index in [1.54, 1.807) is 11.3 Å². The average molecular weight is 243 g/mol. The van der Waals surface area contributed by atoms with E-state index in [1.165, 1.54) is 25.7 Å². The first kappa shape index (κ1) is 11.1. The Morgan fingerprint density at radius 2 is 2.20 bits per heavy atom. The lowest BCUT2D eigenvalue weighted by Crippen LogP contribution is -2.08. The molecule has 15 heavy (non-hydrogen) atoms. The van der Waals surface area contributed by atoms with Gasteiger partial charge < -0.3 is 0 Å². The molecule has 1 aromatic heterocycles. The van der Waals surface area contributed by atoms with Gasteiger partial charge in [0.15, 0.2) is 5.00 Å². The van der Waals surface area contributed by atoms with Crippen LogP contribution in [0.5, 0.6) is 0 Å². The molecule has 0 N–H and O–H groups in total. The number of hydrogen-bond acceptors (Lipinski definition) is 3. The van der Waals surface area contributed by atoms with Gasteiger partial charge in [-0.3, -0.25) is 0 Å². The Balaban J connectivity index is 2.03. The molecule has 1 aromatic rings. The Labute approximate surface area is 99.4 Å². The molecule has 2 nitrogen and oxygen atoms in total. The van der Waals surface area contributed by atoms with Crippen LogP contribution in [0.15, 0.2) is 27.7 Å². The first-order valence-electron chi connectivity index (χ1n) is 5.33. The Hall–Kier alpha value is -0.410. The van der Waals surface area contributed by atoms with Crippen LogP contribution in [-0.4, -0.2) is 6.04 Å². The molecule has 0 radical (unpaired) electrons. The molecule has 1 atom stereocenters. The van der Waals surface area contributed by atoms with Crippen LogP contribution < -0.4 is 0 Å². The number of rotatable bonds is 3. The molecule has 1 heterocycles. The maximum atomic E-state index is 6.33. The molecule has 82 valence electrons. The minimum absolute atomic E-state index is 0.406. The van der Waals surface area contributed by atoms with Crippen molar-refractivity contribution < 1.29 is 0 Å². The topological polar surface area (TPSA) is 24.7 Å². The summed E-state index contributed by atoms with van der Waals surface area (Å²) in [6.45, 7) is 1.90. The van der Waals surface area contributed by atoms with Crippen LogP contribution in [-0.2, 0) is 5.00 Å². The maximum Gasteiger partial charge on any atom is 0.185 e. The van der Waals surface area contributed by atoms with Crippen LogP contribution in [0, 0.1) is 0 Å². The van der Waals surface area contributed by atoms with Crippen molar-refractivity contribution in [3.63, 3.8) is 0 Å². The van der Waals surface area contributed by atoms with Crippen LogP contribution >= 0.6 is 22.9 Å². The molecular weight excluding hydrogens is 228 g/mol. The number of halogens is 1. The molecule has 0 aromatic carbocycles. The average Bonchev–Trinajstić information content (AvgIpc) is 2.88. The summed E-state index contributed by atoms with van der Waals surface area (Å²) in [5.41, 5.74) is 0. The van der Waals surface area contributed by atoms with E-state index in [1.807, 2.05) is 24.4 Å². The van der Waals surface area contributed by atoms with Gasteiger partial charge in [-0.15, -0.1) is 11.3 Å². The predicted molar refractivity (Wildman–Crippen MR) is 64.6 cm³/mol. The largest absolute Gasteiger partial charge is 0.189 e. The van der Waals surface area contributed by atoms with E-state index in [-0.39, 0.29) is 0 Å². The molecule has 1 saturated carbocycles. The zero-order valence-corrected chi connectivity index (χ0v) is 10.4. The van der Waals surface area contributed by atoms with E-state index in [0.29, 0.717) is 6.04 Å². The third-order valence-corrected chi connectivity index (χ3v) is 4.18. The number of azo groups is 1. The summed E-state index contributed by atoms with van der Waals surface area (Å²) in [6.07, 6.45) is 4.89. The Morgan fingerprint density at radius 1 is 1.47 bits per heavy atom. The normalized spacial score (nSPS) is 22.3. The fraction of sp³-hybridized carbons (Fsp3) is 0.636. The lowest BCUT2D eigenvalue weighted by molar-refractivity contribution is 0.587. The molecular formula is C11H15ClN2S. The smallest absolute Gasteiger partial charge is 0.185 e. The highest BCUT2D eigenvalue weighted by Crippen LogP contribution is 2.34. The van der Waals surface area contributed by atoms with E-state index < -0.39 is 5.00 Å². The van der Waals surface area contributed by atoms with Crippen LogP contribution in [0.2, 0.25) is 0 Å². The Bertz CT molecular complexity index is 326. The van der Waals surface area contributed by atoms with E-state index >= 15 is 0 Å². The second-order valence-corrected chi connectivity index (χ2v) is 5.77. The van der Waals surface area contributed by atoms with Crippen molar-refractivity contribution in [1.29, 1.82) is 0 Å². The predicted octanol–water partition coefficient (Wildman–Crippen LogP) is 4.55. The van der Waals surface area contributed by atoms with Gasteiger partial charge in [-0.2, -0.15) is 10.2 Å². The van der Waals surface area contributed by atoms with E-state index in [2.05, 4.69) is 10.2 Å². The molecule has 0 aliphatic heterocycles. The minimum atomic E-state index is -0.670. The van der Waals surface area contributed by atoms with Gasteiger partial charge in [0.05, 0.1) is 6.04 Å². The summed E-state index contributed by atoms with van der Waals surface area (Å²) in [5, 5.41) is 10.6. The molecule has 0 amide bonds. The second kappa shape index (κ2) is 4.62. The zero-order chi connectivity index (χ0) is 10.7. The number of alkyl halides is 1. The monoisotopic (exact) mass is 242 g/mol. The molecule has 1 fully saturated rings. The van der Waals surface area contributed by atoms with Gasteiger partial charge in [-0.05, 0) is 31.2 Å². The van der Waals surface area contributed by atoms with Crippen LogP contribution in [0.1, 0.15) is 37.5 Å². The fourth-order valence-corrected chi connectivity index (χ4v) is 2.75. The molecule has 0 saturated heterocycles. The van der Waals surface area contributed by atoms with Gasteiger partial charge in [0.1, 0.15) is 0 Å². The van der Waals surface area contributed by atoms with E-state index in [0.717, 1.165) is 4.88 Å². The highest BCUT2D eigenvalue weighted by molar-refractivity contribution is 7.10. The van der Waals surface area contributed by atoms with Crippen LogP contribution in [0.3, 0.4) is 0 Å². The van der Waals surface area contributed by atoms with E-state index in [9.17, 15) is 0 Å². The fourth-order valence-electron chi connectivity index (χ4n) is 1.80. The summed E-state index contributed by atoms with van der Waals surface area (Å²) < 4.78 is 0. The quantitative estimate of drug-likeness (QED) is 0.422. The Morgan fingerprint density at radius 3 is 2.80 bits per heavy atom. The minimum Gasteiger partial charge on any atom is -0.189 e. The van der Waals surface area contributed by atoms with Gasteiger partial charge in [-0.25, -0.2) is 0 Å². The molecule has 0 spiro atoms. The third kappa shape index (κ3) is 2.79. The van der Waals surface area contributed by atoms with E-state index in [4.69, 9.17) is 11.6 Å². The number of nitrogens with zero attached hydrogens (tertiary/aromatic N) is 2. The van der Waals surface area contributed by atoms with Gasteiger partial charge in [-0.1, -0.05) is 30.5 Å². The number of thiophene rings is 1. The zero-order valence-electron chi connectivity index (χ0n) is 8.82. The molecule has 0 bridgehead atoms. The van der Waals surface area contributed by atoms with Gasteiger partial charge >= 0.3 is 0 Å². The molecule has 1 aliphatic carbocycles. The van der Waals surface area contributed by atoms with Crippen molar-refractivity contribution in [2.45, 2.75) is 43.6 Å². The number of hydrogen-bond donors (Lipinski definition) is 0. The summed E-state index contributed by atoms with van der Waals surface area (Å²) in [6, 6.07) is 4.40. The molecule has 2 rings (SSSR count). The Kier molecular flexibility index (Phi) is 3.42. The maximum absolute atomic E-state index is 6.33. The van der Waals surface area contributed by atoms with Crippen molar-refractivity contribution in [2.24, 2.45) is 10.2 Å². The first-order valence-corrected chi connectivity index (χ1v) is 6.59. The van der Waals surface area contributed by atoms with Gasteiger partial charge in [0.2, 0.25) is 0 Å². The van der Waals surface area contributed by atoms with Crippen molar-refractivity contribution in [3.05, 3.63) is 22.4 Å². The summed E-state index contributed by atoms with van der Waals surface area (Å²) in [5.74, 6) is 0.